The molecule has 0 saturated carbocycles. The van der Waals surface area contributed by atoms with Gasteiger partial charge in [-0.2, -0.15) is 0 Å². The van der Waals surface area contributed by atoms with E-state index < -0.39 is 11.7 Å². The number of piperazine rings is 1. The Kier molecular flexibility index (Phi) is 6.53. The third kappa shape index (κ3) is 4.43. The van der Waals surface area contributed by atoms with Crippen molar-refractivity contribution in [1.29, 1.82) is 0 Å². The van der Waals surface area contributed by atoms with Gasteiger partial charge in [-0.15, -0.1) is 12.4 Å². The number of nitrogens with zero attached hydrogens (tertiary/aromatic N) is 2. The molecule has 1 aromatic heterocycles. The van der Waals surface area contributed by atoms with Crippen molar-refractivity contribution in [2.45, 2.75) is 0 Å². The van der Waals surface area contributed by atoms with Crippen LogP contribution in [0.3, 0.4) is 0 Å². The van der Waals surface area contributed by atoms with Crippen molar-refractivity contribution in [3.8, 4) is 0 Å². The Morgan fingerprint density at radius 2 is 2.00 bits per heavy atom. The van der Waals surface area contributed by atoms with Crippen molar-refractivity contribution >= 4 is 45.7 Å². The average Bonchev–Trinajstić information content (AvgIpc) is 2.58. The molecule has 0 radical (unpaired) electrons. The van der Waals surface area contributed by atoms with E-state index >= 15 is 0 Å². The molecule has 0 aliphatic carbocycles. The first-order chi connectivity index (χ1) is 11.1. The van der Waals surface area contributed by atoms with Gasteiger partial charge < -0.3 is 15.5 Å². The number of pyridine rings is 1. The maximum atomic E-state index is 13.7. The summed E-state index contributed by atoms with van der Waals surface area (Å²) in [7, 11) is 0. The van der Waals surface area contributed by atoms with E-state index in [9.17, 15) is 9.18 Å². The summed E-state index contributed by atoms with van der Waals surface area (Å²) in [5.74, 6) is -0.692. The maximum Gasteiger partial charge on any atom is 0.259 e. The molecule has 1 amide bonds. The van der Waals surface area contributed by atoms with Gasteiger partial charge in [-0.3, -0.25) is 4.79 Å². The number of nitrogens with one attached hydrogen (secondary N) is 2. The van der Waals surface area contributed by atoms with Crippen LogP contribution in [0.2, 0.25) is 0 Å². The van der Waals surface area contributed by atoms with E-state index in [4.69, 9.17) is 0 Å². The van der Waals surface area contributed by atoms with E-state index in [0.29, 0.717) is 10.3 Å². The average molecular weight is 416 g/mol. The summed E-state index contributed by atoms with van der Waals surface area (Å²) < 4.78 is 14.4. The van der Waals surface area contributed by atoms with Crippen molar-refractivity contribution < 1.29 is 9.18 Å². The van der Waals surface area contributed by atoms with Gasteiger partial charge >= 0.3 is 0 Å². The number of benzene rings is 1. The molecule has 1 aliphatic heterocycles. The highest BCUT2D eigenvalue weighted by molar-refractivity contribution is 9.10. The maximum absolute atomic E-state index is 13.7. The van der Waals surface area contributed by atoms with Gasteiger partial charge in [-0.05, 0) is 30.3 Å². The first-order valence-electron chi connectivity index (χ1n) is 7.31. The summed E-state index contributed by atoms with van der Waals surface area (Å²) in [5, 5.41) is 5.91. The quantitative estimate of drug-likeness (QED) is 0.809. The molecule has 8 heteroatoms. The summed E-state index contributed by atoms with van der Waals surface area (Å²) in [6.45, 7) is 3.74. The van der Waals surface area contributed by atoms with Crippen molar-refractivity contribution in [3.05, 3.63) is 52.4 Å². The number of rotatable bonds is 3. The minimum atomic E-state index is -0.567. The number of anilines is 2. The van der Waals surface area contributed by atoms with Crippen LogP contribution in [0.5, 0.6) is 0 Å². The molecule has 0 spiro atoms. The Labute approximate surface area is 154 Å². The molecular weight excluding hydrogens is 399 g/mol. The van der Waals surface area contributed by atoms with Gasteiger partial charge in [0.25, 0.3) is 5.91 Å². The Morgan fingerprint density at radius 1 is 1.25 bits per heavy atom. The van der Waals surface area contributed by atoms with Crippen molar-refractivity contribution in [1.82, 2.24) is 10.3 Å². The molecular formula is C16H17BrClFN4O. The number of carbonyl (C=O) groups is 1. The lowest BCUT2D eigenvalue weighted by molar-refractivity contribution is 0.102. The molecule has 0 atom stereocenters. The number of amides is 1. The van der Waals surface area contributed by atoms with Crippen LogP contribution in [0.25, 0.3) is 0 Å². The van der Waals surface area contributed by atoms with Gasteiger partial charge in [0.2, 0.25) is 0 Å². The minimum absolute atomic E-state index is 0. The van der Waals surface area contributed by atoms with E-state index in [1.165, 1.54) is 12.1 Å². The predicted octanol–water partition coefficient (Wildman–Crippen LogP) is 3.07. The van der Waals surface area contributed by atoms with E-state index in [0.717, 1.165) is 31.9 Å². The van der Waals surface area contributed by atoms with Crippen LogP contribution in [0.1, 0.15) is 10.4 Å². The third-order valence-electron chi connectivity index (χ3n) is 3.64. The highest BCUT2D eigenvalue weighted by Gasteiger charge is 2.14. The smallest absolute Gasteiger partial charge is 0.259 e. The fourth-order valence-corrected chi connectivity index (χ4v) is 2.79. The lowest BCUT2D eigenvalue weighted by atomic mass is 10.2. The number of hydrogen-bond donors (Lipinski definition) is 2. The number of hydrogen-bond acceptors (Lipinski definition) is 4. The molecule has 0 unspecified atom stereocenters. The van der Waals surface area contributed by atoms with Crippen molar-refractivity contribution in [3.63, 3.8) is 0 Å². The van der Waals surface area contributed by atoms with Crippen LogP contribution in [-0.2, 0) is 0 Å². The number of halogens is 3. The molecule has 1 aliphatic rings. The van der Waals surface area contributed by atoms with Crippen LogP contribution in [0.4, 0.5) is 15.9 Å². The first-order valence-corrected chi connectivity index (χ1v) is 8.11. The number of aromatic nitrogens is 1. The molecule has 2 N–H and O–H groups in total. The van der Waals surface area contributed by atoms with E-state index in [2.05, 4.69) is 36.4 Å². The molecule has 0 bridgehead atoms. The van der Waals surface area contributed by atoms with Crippen LogP contribution in [-0.4, -0.2) is 37.1 Å². The highest BCUT2D eigenvalue weighted by atomic mass is 79.9. The summed E-state index contributed by atoms with van der Waals surface area (Å²) in [5.41, 5.74) is 0.991. The van der Waals surface area contributed by atoms with Crippen LogP contribution in [0, 0.1) is 5.82 Å². The molecule has 2 heterocycles. The van der Waals surface area contributed by atoms with Crippen LogP contribution < -0.4 is 15.5 Å². The zero-order valence-corrected chi connectivity index (χ0v) is 15.2. The summed E-state index contributed by atoms with van der Waals surface area (Å²) in [4.78, 5) is 18.6. The normalized spacial score (nSPS) is 14.0. The molecule has 1 fully saturated rings. The monoisotopic (exact) mass is 414 g/mol. The van der Waals surface area contributed by atoms with Gasteiger partial charge in [0.05, 0.1) is 17.4 Å². The largest absolute Gasteiger partial charge is 0.368 e. The van der Waals surface area contributed by atoms with E-state index in [1.54, 1.807) is 18.3 Å². The second kappa shape index (κ2) is 8.41. The summed E-state index contributed by atoms with van der Waals surface area (Å²) in [6.07, 6.45) is 1.72. The lowest BCUT2D eigenvalue weighted by Gasteiger charge is -2.29. The summed E-state index contributed by atoms with van der Waals surface area (Å²) >= 11 is 3.23. The summed E-state index contributed by atoms with van der Waals surface area (Å²) in [6, 6.07) is 7.88. The first kappa shape index (κ1) is 18.6. The second-order valence-electron chi connectivity index (χ2n) is 5.22. The van der Waals surface area contributed by atoms with E-state index in [-0.39, 0.29) is 18.0 Å². The zero-order valence-electron chi connectivity index (χ0n) is 12.8. The number of carbonyl (C=O) groups excluding carboxylic acids is 1. The molecule has 5 nitrogen and oxygen atoms in total. The Hall–Kier alpha value is -1.70. The lowest BCUT2D eigenvalue weighted by Crippen LogP contribution is -2.43. The highest BCUT2D eigenvalue weighted by Crippen LogP contribution is 2.18. The van der Waals surface area contributed by atoms with Crippen LogP contribution in [0.15, 0.2) is 41.0 Å². The van der Waals surface area contributed by atoms with Gasteiger partial charge in [-0.25, -0.2) is 9.37 Å². The Morgan fingerprint density at radius 3 is 2.67 bits per heavy atom. The Balaban J connectivity index is 0.00000208. The fraction of sp³-hybridized carbons (Fsp3) is 0.250. The third-order valence-corrected chi connectivity index (χ3v) is 4.14. The van der Waals surface area contributed by atoms with Crippen LogP contribution >= 0.6 is 28.3 Å². The zero-order chi connectivity index (χ0) is 16.2. The molecule has 1 saturated heterocycles. The molecule has 1 aromatic carbocycles. The predicted molar refractivity (Wildman–Crippen MR) is 98.6 cm³/mol. The SMILES string of the molecule is Cl.O=C(Nc1ccc(N2CCNCC2)cn1)c1cc(Br)ccc1F. The second-order valence-corrected chi connectivity index (χ2v) is 6.13. The molecule has 3 rings (SSSR count). The van der Waals surface area contributed by atoms with Gasteiger partial charge in [0.1, 0.15) is 11.6 Å². The van der Waals surface area contributed by atoms with Gasteiger partial charge in [0, 0.05) is 30.7 Å². The molecule has 24 heavy (non-hydrogen) atoms. The fourth-order valence-electron chi connectivity index (χ4n) is 2.43. The minimum Gasteiger partial charge on any atom is -0.368 e. The van der Waals surface area contributed by atoms with Crippen molar-refractivity contribution in [2.24, 2.45) is 0 Å². The standard InChI is InChI=1S/C16H16BrFN4O.ClH/c17-11-1-3-14(18)13(9-11)16(23)21-15-4-2-12(10-20-15)22-7-5-19-6-8-22;/h1-4,9-10,19H,5-8H2,(H,20,21,23);1H. The Bertz CT molecular complexity index is 708. The van der Waals surface area contributed by atoms with Gasteiger partial charge in [0.15, 0.2) is 0 Å². The van der Waals surface area contributed by atoms with Gasteiger partial charge in [-0.1, -0.05) is 15.9 Å². The topological polar surface area (TPSA) is 57.3 Å². The van der Waals surface area contributed by atoms with Crippen molar-refractivity contribution in [2.75, 3.05) is 36.4 Å². The van der Waals surface area contributed by atoms with E-state index in [1.807, 2.05) is 6.07 Å². The molecule has 128 valence electrons. The molecule has 2 aromatic rings.